The number of azide groups is 1. The van der Waals surface area contributed by atoms with Crippen molar-refractivity contribution in [1.82, 2.24) is 0 Å². The number of benzene rings is 2. The summed E-state index contributed by atoms with van der Waals surface area (Å²) >= 11 is 0. The van der Waals surface area contributed by atoms with Crippen molar-refractivity contribution in [3.05, 3.63) is 82.2 Å². The van der Waals surface area contributed by atoms with Crippen molar-refractivity contribution in [2.24, 2.45) is 11.0 Å². The Bertz CT molecular complexity index is 720. The molecule has 0 aromatic heterocycles. The van der Waals surface area contributed by atoms with Gasteiger partial charge in [0, 0.05) is 10.8 Å². The van der Waals surface area contributed by atoms with Crippen LogP contribution in [0.5, 0.6) is 0 Å². The number of nitrogens with zero attached hydrogens (tertiary/aromatic N) is 3. The van der Waals surface area contributed by atoms with E-state index in [4.69, 9.17) is 15.0 Å². The molecule has 1 saturated carbocycles. The molecule has 0 bridgehead atoms. The monoisotopic (exact) mass is 353 g/mol. The van der Waals surface area contributed by atoms with Gasteiger partial charge in [-0.2, -0.15) is 0 Å². The number of hydrogen-bond donors (Lipinski definition) is 1. The molecule has 0 radical (unpaired) electrons. The SMILES string of the molecule is [N-]=[N+]=NC1CC(OCc2ccccc2)C(COCc2ccccc2)C1O. The highest BCUT2D eigenvalue weighted by atomic mass is 16.5. The first kappa shape index (κ1) is 18.4. The van der Waals surface area contributed by atoms with Crippen LogP contribution in [0, 0.1) is 5.92 Å². The standard InChI is InChI=1S/C20H23N3O3/c21-23-22-18-11-19(26-13-16-9-5-2-6-10-16)17(20(18)24)14-25-12-15-7-3-1-4-8-15/h1-10,17-20,24H,11-14H2. The van der Waals surface area contributed by atoms with Crippen LogP contribution in [0.25, 0.3) is 10.4 Å². The highest BCUT2D eigenvalue weighted by molar-refractivity contribution is 5.14. The van der Waals surface area contributed by atoms with Gasteiger partial charge in [-0.15, -0.1) is 0 Å². The van der Waals surface area contributed by atoms with Crippen LogP contribution in [0.1, 0.15) is 17.5 Å². The lowest BCUT2D eigenvalue weighted by Gasteiger charge is -2.22. The second kappa shape index (κ2) is 9.36. The van der Waals surface area contributed by atoms with Gasteiger partial charge in [0.2, 0.25) is 0 Å². The summed E-state index contributed by atoms with van der Waals surface area (Å²) in [6.45, 7) is 1.28. The van der Waals surface area contributed by atoms with E-state index in [0.717, 1.165) is 11.1 Å². The first-order valence-electron chi connectivity index (χ1n) is 8.77. The highest BCUT2D eigenvalue weighted by Crippen LogP contribution is 2.32. The third-order valence-electron chi connectivity index (χ3n) is 4.71. The molecule has 1 aliphatic rings. The Morgan fingerprint density at radius 3 is 2.23 bits per heavy atom. The maximum atomic E-state index is 10.5. The number of rotatable bonds is 8. The summed E-state index contributed by atoms with van der Waals surface area (Å²) in [6, 6.07) is 19.3. The second-order valence-corrected chi connectivity index (χ2v) is 6.50. The van der Waals surface area contributed by atoms with Crippen molar-refractivity contribution in [3.8, 4) is 0 Å². The van der Waals surface area contributed by atoms with Crippen molar-refractivity contribution in [2.45, 2.75) is 37.9 Å². The summed E-state index contributed by atoms with van der Waals surface area (Å²) in [5.74, 6) is -0.224. The molecule has 2 aromatic carbocycles. The molecule has 6 nitrogen and oxygen atoms in total. The maximum Gasteiger partial charge on any atom is 0.0720 e. The summed E-state index contributed by atoms with van der Waals surface area (Å²) < 4.78 is 11.8. The lowest BCUT2D eigenvalue weighted by atomic mass is 10.0. The van der Waals surface area contributed by atoms with Crippen molar-refractivity contribution >= 4 is 0 Å². The van der Waals surface area contributed by atoms with Gasteiger partial charge >= 0.3 is 0 Å². The minimum absolute atomic E-state index is 0.212. The Hall–Kier alpha value is -2.37. The Morgan fingerprint density at radius 1 is 1.00 bits per heavy atom. The van der Waals surface area contributed by atoms with Gasteiger partial charge in [0.25, 0.3) is 0 Å². The van der Waals surface area contributed by atoms with Gasteiger partial charge in [0.05, 0.1) is 38.1 Å². The third-order valence-corrected chi connectivity index (χ3v) is 4.71. The van der Waals surface area contributed by atoms with E-state index in [1.54, 1.807) is 0 Å². The van der Waals surface area contributed by atoms with E-state index in [2.05, 4.69) is 10.0 Å². The second-order valence-electron chi connectivity index (χ2n) is 6.50. The lowest BCUT2D eigenvalue weighted by molar-refractivity contribution is -0.0465. The molecule has 0 amide bonds. The fraction of sp³-hybridized carbons (Fsp3) is 0.400. The van der Waals surface area contributed by atoms with Crippen molar-refractivity contribution < 1.29 is 14.6 Å². The Kier molecular flexibility index (Phi) is 6.63. The largest absolute Gasteiger partial charge is 0.392 e. The quantitative estimate of drug-likeness (QED) is 0.444. The van der Waals surface area contributed by atoms with Gasteiger partial charge in [-0.25, -0.2) is 0 Å². The van der Waals surface area contributed by atoms with Crippen molar-refractivity contribution in [3.63, 3.8) is 0 Å². The molecular weight excluding hydrogens is 330 g/mol. The molecule has 0 heterocycles. The van der Waals surface area contributed by atoms with E-state index in [0.29, 0.717) is 26.2 Å². The summed E-state index contributed by atoms with van der Waals surface area (Å²) in [4.78, 5) is 2.85. The van der Waals surface area contributed by atoms with E-state index < -0.39 is 12.1 Å². The van der Waals surface area contributed by atoms with E-state index in [9.17, 15) is 5.11 Å². The zero-order chi connectivity index (χ0) is 18.2. The smallest absolute Gasteiger partial charge is 0.0720 e. The van der Waals surface area contributed by atoms with Gasteiger partial charge in [0.15, 0.2) is 0 Å². The lowest BCUT2D eigenvalue weighted by Crippen LogP contribution is -2.31. The Morgan fingerprint density at radius 2 is 1.62 bits per heavy atom. The zero-order valence-electron chi connectivity index (χ0n) is 14.5. The van der Waals surface area contributed by atoms with Crippen molar-refractivity contribution in [1.29, 1.82) is 0 Å². The fourth-order valence-electron chi connectivity index (χ4n) is 3.30. The number of aliphatic hydroxyl groups is 1. The molecular formula is C20H23N3O3. The summed E-state index contributed by atoms with van der Waals surface area (Å²) in [5.41, 5.74) is 10.9. The number of hydrogen-bond acceptors (Lipinski definition) is 4. The first-order chi connectivity index (χ1) is 12.8. The minimum Gasteiger partial charge on any atom is -0.392 e. The molecule has 0 saturated heterocycles. The van der Waals surface area contributed by atoms with Crippen LogP contribution in [0.4, 0.5) is 0 Å². The molecule has 4 atom stereocenters. The molecule has 2 aromatic rings. The first-order valence-corrected chi connectivity index (χ1v) is 8.77. The molecule has 6 heteroatoms. The molecule has 1 aliphatic carbocycles. The average molecular weight is 353 g/mol. The Labute approximate surface area is 153 Å². The van der Waals surface area contributed by atoms with Crippen molar-refractivity contribution in [2.75, 3.05) is 6.61 Å². The van der Waals surface area contributed by atoms with E-state index >= 15 is 0 Å². The van der Waals surface area contributed by atoms with Gasteiger partial charge < -0.3 is 14.6 Å². The van der Waals surface area contributed by atoms with Crippen LogP contribution in [0.2, 0.25) is 0 Å². The molecule has 1 fully saturated rings. The fourth-order valence-corrected chi connectivity index (χ4v) is 3.30. The summed E-state index contributed by atoms with van der Waals surface area (Å²) in [6.07, 6.45) is -0.476. The van der Waals surface area contributed by atoms with Gasteiger partial charge in [-0.1, -0.05) is 65.8 Å². The van der Waals surface area contributed by atoms with Gasteiger partial charge in [-0.3, -0.25) is 0 Å². The van der Waals surface area contributed by atoms with Crippen LogP contribution < -0.4 is 0 Å². The van der Waals surface area contributed by atoms with E-state index in [1.165, 1.54) is 0 Å². The third kappa shape index (κ3) is 4.84. The van der Waals surface area contributed by atoms with Crippen LogP contribution in [-0.2, 0) is 22.7 Å². The van der Waals surface area contributed by atoms with Crippen LogP contribution >= 0.6 is 0 Å². The van der Waals surface area contributed by atoms with Gasteiger partial charge in [0.1, 0.15) is 0 Å². The topological polar surface area (TPSA) is 87.5 Å². The highest BCUT2D eigenvalue weighted by Gasteiger charge is 2.42. The van der Waals surface area contributed by atoms with Crippen LogP contribution in [0.15, 0.2) is 65.8 Å². The molecule has 0 spiro atoms. The molecule has 26 heavy (non-hydrogen) atoms. The van der Waals surface area contributed by atoms with Crippen LogP contribution in [-0.4, -0.2) is 30.0 Å². The Balaban J connectivity index is 1.59. The average Bonchev–Trinajstić information content (AvgIpc) is 2.97. The van der Waals surface area contributed by atoms with E-state index in [1.807, 2.05) is 60.7 Å². The predicted molar refractivity (Wildman–Crippen MR) is 98.2 cm³/mol. The minimum atomic E-state index is -0.762. The van der Waals surface area contributed by atoms with E-state index in [-0.39, 0.29) is 12.0 Å². The summed E-state index contributed by atoms with van der Waals surface area (Å²) in [7, 11) is 0. The van der Waals surface area contributed by atoms with Crippen LogP contribution in [0.3, 0.4) is 0 Å². The van der Waals surface area contributed by atoms with Gasteiger partial charge in [-0.05, 0) is 23.1 Å². The molecule has 1 N–H and O–H groups in total. The normalized spacial score (nSPS) is 25.0. The summed E-state index contributed by atoms with van der Waals surface area (Å²) in [5, 5.41) is 14.2. The number of ether oxygens (including phenoxy) is 2. The molecule has 136 valence electrons. The number of aliphatic hydroxyl groups excluding tert-OH is 1. The maximum absolute atomic E-state index is 10.5. The predicted octanol–water partition coefficient (Wildman–Crippen LogP) is 3.85. The molecule has 0 aliphatic heterocycles. The zero-order valence-corrected chi connectivity index (χ0v) is 14.5. The molecule has 3 rings (SSSR count). The molecule has 4 unspecified atom stereocenters.